The molecule has 1 saturated carbocycles. The summed E-state index contributed by atoms with van der Waals surface area (Å²) in [5, 5.41) is 0. The Morgan fingerprint density at radius 1 is 0.968 bits per heavy atom. The van der Waals surface area contributed by atoms with Crippen molar-refractivity contribution in [1.29, 1.82) is 0 Å². The Labute approximate surface area is 186 Å². The Kier molecular flexibility index (Phi) is 6.89. The highest BCUT2D eigenvalue weighted by atomic mass is 32.2. The molecule has 0 radical (unpaired) electrons. The van der Waals surface area contributed by atoms with Gasteiger partial charge in [-0.1, -0.05) is 19.3 Å². The van der Waals surface area contributed by atoms with Crippen LogP contribution in [0.1, 0.15) is 62.2 Å². The highest BCUT2D eigenvalue weighted by Crippen LogP contribution is 2.32. The summed E-state index contributed by atoms with van der Waals surface area (Å²) in [7, 11) is -2.26. The molecule has 1 aromatic rings. The molecule has 2 saturated heterocycles. The highest BCUT2D eigenvalue weighted by Gasteiger charge is 2.34. The van der Waals surface area contributed by atoms with E-state index in [9.17, 15) is 13.2 Å². The number of sulfonamides is 1. The first-order chi connectivity index (χ1) is 14.9. The van der Waals surface area contributed by atoms with Crippen molar-refractivity contribution in [3.63, 3.8) is 0 Å². The standard InChI is InChI=1S/C23H35N3O4S/c1-18-7-5-6-12-26(18)31(28,29)22-17-19(10-11-21(22)30-2)23(27)25-15-13-24(14-16-25)20-8-3-4-9-20/h10-11,17-18,20H,3-9,12-16H2,1-2H3. The van der Waals surface area contributed by atoms with Crippen molar-refractivity contribution in [1.82, 2.24) is 14.1 Å². The van der Waals surface area contributed by atoms with Gasteiger partial charge in [-0.05, 0) is 50.8 Å². The summed E-state index contributed by atoms with van der Waals surface area (Å²) in [5.41, 5.74) is 0.415. The topological polar surface area (TPSA) is 70.2 Å². The molecule has 1 atom stereocenters. The van der Waals surface area contributed by atoms with Crippen LogP contribution in [0.5, 0.6) is 5.75 Å². The lowest BCUT2D eigenvalue weighted by Gasteiger charge is -2.38. The minimum Gasteiger partial charge on any atom is -0.495 e. The van der Waals surface area contributed by atoms with E-state index in [0.29, 0.717) is 37.0 Å². The molecule has 0 spiro atoms. The van der Waals surface area contributed by atoms with Gasteiger partial charge >= 0.3 is 0 Å². The molecule has 3 aliphatic rings. The summed E-state index contributed by atoms with van der Waals surface area (Å²) in [4.78, 5) is 17.7. The fourth-order valence-electron chi connectivity index (χ4n) is 5.31. The number of nitrogens with zero attached hydrogens (tertiary/aromatic N) is 3. The maximum absolute atomic E-state index is 13.4. The van der Waals surface area contributed by atoms with E-state index in [1.807, 2.05) is 11.8 Å². The van der Waals surface area contributed by atoms with Gasteiger partial charge in [0.1, 0.15) is 10.6 Å². The van der Waals surface area contributed by atoms with Gasteiger partial charge in [0, 0.05) is 50.4 Å². The summed E-state index contributed by atoms with van der Waals surface area (Å²) < 4.78 is 33.8. The largest absolute Gasteiger partial charge is 0.495 e. The van der Waals surface area contributed by atoms with E-state index in [-0.39, 0.29) is 16.8 Å². The van der Waals surface area contributed by atoms with Crippen molar-refractivity contribution in [2.45, 2.75) is 68.8 Å². The van der Waals surface area contributed by atoms with E-state index in [1.54, 1.807) is 16.4 Å². The minimum atomic E-state index is -3.73. The fourth-order valence-corrected chi connectivity index (χ4v) is 7.19. The average molecular weight is 450 g/mol. The molecule has 1 aliphatic carbocycles. The number of benzene rings is 1. The molecule has 0 aromatic heterocycles. The molecule has 3 fully saturated rings. The number of carbonyl (C=O) groups excluding carboxylic acids is 1. The lowest BCUT2D eigenvalue weighted by atomic mass is 10.1. The van der Waals surface area contributed by atoms with Crippen molar-refractivity contribution in [2.24, 2.45) is 0 Å². The summed E-state index contributed by atoms with van der Waals surface area (Å²) in [6, 6.07) is 5.43. The van der Waals surface area contributed by atoms with Crippen molar-refractivity contribution in [3.05, 3.63) is 23.8 Å². The van der Waals surface area contributed by atoms with Gasteiger partial charge in [-0.2, -0.15) is 4.31 Å². The normalized spacial score (nSPS) is 24.5. The zero-order valence-electron chi connectivity index (χ0n) is 18.8. The third-order valence-corrected chi connectivity index (χ3v) is 9.22. The Morgan fingerprint density at radius 2 is 1.65 bits per heavy atom. The Morgan fingerprint density at radius 3 is 2.29 bits per heavy atom. The monoisotopic (exact) mass is 449 g/mol. The first-order valence-electron chi connectivity index (χ1n) is 11.6. The predicted molar refractivity (Wildman–Crippen MR) is 120 cm³/mol. The quantitative estimate of drug-likeness (QED) is 0.691. The van der Waals surface area contributed by atoms with Gasteiger partial charge in [0.2, 0.25) is 10.0 Å². The van der Waals surface area contributed by atoms with E-state index < -0.39 is 10.0 Å². The van der Waals surface area contributed by atoms with Crippen LogP contribution in [-0.4, -0.2) is 80.3 Å². The van der Waals surface area contributed by atoms with Gasteiger partial charge in [-0.15, -0.1) is 0 Å². The van der Waals surface area contributed by atoms with Gasteiger partial charge in [0.25, 0.3) is 5.91 Å². The summed E-state index contributed by atoms with van der Waals surface area (Å²) >= 11 is 0. The van der Waals surface area contributed by atoms with E-state index in [1.165, 1.54) is 38.9 Å². The molecule has 2 aliphatic heterocycles. The average Bonchev–Trinajstić information content (AvgIpc) is 3.33. The zero-order chi connectivity index (χ0) is 22.0. The number of methoxy groups -OCH3 is 1. The number of amides is 1. The van der Waals surface area contributed by atoms with Crippen molar-refractivity contribution < 1.29 is 17.9 Å². The van der Waals surface area contributed by atoms with Gasteiger partial charge in [0.15, 0.2) is 0 Å². The minimum absolute atomic E-state index is 0.0496. The van der Waals surface area contributed by atoms with Gasteiger partial charge in [0.05, 0.1) is 7.11 Å². The molecule has 1 aromatic carbocycles. The molecule has 2 heterocycles. The van der Waals surface area contributed by atoms with Crippen LogP contribution in [0.3, 0.4) is 0 Å². The van der Waals surface area contributed by atoms with Crippen LogP contribution in [0.4, 0.5) is 0 Å². The van der Waals surface area contributed by atoms with Crippen molar-refractivity contribution in [3.8, 4) is 5.75 Å². The second kappa shape index (κ2) is 9.46. The lowest BCUT2D eigenvalue weighted by Crippen LogP contribution is -2.51. The maximum atomic E-state index is 13.4. The molecule has 0 bridgehead atoms. The molecule has 1 unspecified atom stereocenters. The smallest absolute Gasteiger partial charge is 0.253 e. The molecule has 0 N–H and O–H groups in total. The molecule has 4 rings (SSSR count). The van der Waals surface area contributed by atoms with Crippen LogP contribution in [0.25, 0.3) is 0 Å². The third-order valence-electron chi connectivity index (χ3n) is 7.18. The molecule has 172 valence electrons. The van der Waals surface area contributed by atoms with E-state index in [2.05, 4.69) is 4.90 Å². The summed E-state index contributed by atoms with van der Waals surface area (Å²) in [6.07, 6.45) is 7.90. The van der Waals surface area contributed by atoms with E-state index in [4.69, 9.17) is 4.74 Å². The van der Waals surface area contributed by atoms with Crippen LogP contribution < -0.4 is 4.74 Å². The Balaban J connectivity index is 1.52. The number of ether oxygens (including phenoxy) is 1. The van der Waals surface area contributed by atoms with Crippen LogP contribution in [0.15, 0.2) is 23.1 Å². The first-order valence-corrected chi connectivity index (χ1v) is 13.1. The van der Waals surface area contributed by atoms with Gasteiger partial charge in [-0.3, -0.25) is 9.69 Å². The molecular weight excluding hydrogens is 414 g/mol. The number of piperidine rings is 1. The first kappa shape index (κ1) is 22.6. The number of hydrogen-bond donors (Lipinski definition) is 0. The van der Waals surface area contributed by atoms with Crippen molar-refractivity contribution in [2.75, 3.05) is 39.8 Å². The van der Waals surface area contributed by atoms with Crippen LogP contribution in [-0.2, 0) is 10.0 Å². The SMILES string of the molecule is COc1ccc(C(=O)N2CCN(C3CCCC3)CC2)cc1S(=O)(=O)N1CCCCC1C. The number of carbonyl (C=O) groups is 1. The fraction of sp³-hybridized carbons (Fsp3) is 0.696. The molecule has 1 amide bonds. The Bertz CT molecular complexity index is 890. The number of rotatable bonds is 5. The Hall–Kier alpha value is -1.64. The van der Waals surface area contributed by atoms with E-state index >= 15 is 0 Å². The zero-order valence-corrected chi connectivity index (χ0v) is 19.6. The van der Waals surface area contributed by atoms with Crippen molar-refractivity contribution >= 4 is 15.9 Å². The summed E-state index contributed by atoms with van der Waals surface area (Å²) in [6.45, 7) is 5.61. The number of piperazine rings is 1. The second-order valence-corrected chi connectivity index (χ2v) is 11.0. The maximum Gasteiger partial charge on any atom is 0.253 e. The molecule has 7 nitrogen and oxygen atoms in total. The molecule has 31 heavy (non-hydrogen) atoms. The van der Waals surface area contributed by atoms with Gasteiger partial charge < -0.3 is 9.64 Å². The van der Waals surface area contributed by atoms with Gasteiger partial charge in [-0.25, -0.2) is 8.42 Å². The lowest BCUT2D eigenvalue weighted by molar-refractivity contribution is 0.0573. The third kappa shape index (κ3) is 4.61. The van der Waals surface area contributed by atoms with E-state index in [0.717, 1.165) is 32.4 Å². The number of hydrogen-bond acceptors (Lipinski definition) is 5. The predicted octanol–water partition coefficient (Wildman–Crippen LogP) is 2.96. The molecular formula is C23H35N3O4S. The highest BCUT2D eigenvalue weighted by molar-refractivity contribution is 7.89. The summed E-state index contributed by atoms with van der Waals surface area (Å²) in [5.74, 6) is 0.192. The van der Waals surface area contributed by atoms with Crippen LogP contribution in [0, 0.1) is 0 Å². The molecule has 8 heteroatoms. The second-order valence-electron chi connectivity index (χ2n) is 9.09. The van der Waals surface area contributed by atoms with Crippen LogP contribution >= 0.6 is 0 Å². The van der Waals surface area contributed by atoms with Crippen LogP contribution in [0.2, 0.25) is 0 Å².